The fourth-order valence-electron chi connectivity index (χ4n) is 1.77. The van der Waals surface area contributed by atoms with Gasteiger partial charge in [-0.1, -0.05) is 41.9 Å². The van der Waals surface area contributed by atoms with E-state index in [4.69, 9.17) is 11.6 Å². The highest BCUT2D eigenvalue weighted by Gasteiger charge is 2.16. The van der Waals surface area contributed by atoms with Gasteiger partial charge in [0.2, 0.25) is 0 Å². The van der Waals surface area contributed by atoms with Crippen molar-refractivity contribution in [3.8, 4) is 22.0 Å². The Bertz CT molecular complexity index is 786. The molecule has 1 aromatic carbocycles. The minimum atomic E-state index is 0.402. The second-order valence-electron chi connectivity index (χ2n) is 4.10. The predicted octanol–water partition coefficient (Wildman–Crippen LogP) is 6.81. The molecule has 0 atom stereocenters. The first kappa shape index (κ1) is 15.6. The highest BCUT2D eigenvalue weighted by atomic mass is 79.9. The summed E-state index contributed by atoms with van der Waals surface area (Å²) in [5.74, 6) is 0.610. The van der Waals surface area contributed by atoms with E-state index in [1.165, 1.54) is 0 Å². The fraction of sp³-hybridized carbons (Fsp3) is 0. The van der Waals surface area contributed by atoms with Crippen LogP contribution in [0.2, 0.25) is 5.15 Å². The van der Waals surface area contributed by atoms with E-state index in [0.29, 0.717) is 15.5 Å². The summed E-state index contributed by atoms with van der Waals surface area (Å²) in [5.41, 5.74) is 1.77. The van der Waals surface area contributed by atoms with Gasteiger partial charge in [-0.15, -0.1) is 11.3 Å². The Morgan fingerprint density at radius 1 is 1.00 bits per heavy atom. The summed E-state index contributed by atoms with van der Waals surface area (Å²) in [7, 11) is 0. The largest absolute Gasteiger partial charge is 0.226 e. The van der Waals surface area contributed by atoms with Crippen LogP contribution in [0, 0.1) is 0 Å². The molecule has 0 amide bonds. The van der Waals surface area contributed by atoms with Crippen LogP contribution in [-0.4, -0.2) is 9.97 Å². The zero-order valence-corrected chi connectivity index (χ0v) is 16.6. The molecule has 0 bridgehead atoms. The predicted molar refractivity (Wildman–Crippen MR) is 98.9 cm³/mol. The number of nitrogens with zero attached hydrogens (tertiary/aromatic N) is 2. The summed E-state index contributed by atoms with van der Waals surface area (Å²) >= 11 is 18.2. The van der Waals surface area contributed by atoms with Crippen molar-refractivity contribution >= 4 is 70.7 Å². The summed E-state index contributed by atoms with van der Waals surface area (Å²) in [5, 5.41) is 0.402. The average Bonchev–Trinajstić information content (AvgIpc) is 2.82. The molecule has 3 aromatic rings. The van der Waals surface area contributed by atoms with Gasteiger partial charge in [-0.25, -0.2) is 9.97 Å². The summed E-state index contributed by atoms with van der Waals surface area (Å²) < 4.78 is 2.68. The van der Waals surface area contributed by atoms with Gasteiger partial charge in [-0.3, -0.25) is 0 Å². The van der Waals surface area contributed by atoms with E-state index in [0.717, 1.165) is 24.4 Å². The maximum atomic E-state index is 6.25. The fourth-order valence-corrected chi connectivity index (χ4v) is 4.32. The number of aromatic nitrogens is 2. The molecule has 2 heterocycles. The number of hydrogen-bond acceptors (Lipinski definition) is 3. The summed E-state index contributed by atoms with van der Waals surface area (Å²) in [4.78, 5) is 9.96. The van der Waals surface area contributed by atoms with E-state index in [9.17, 15) is 0 Å². The van der Waals surface area contributed by atoms with Crippen LogP contribution in [0.5, 0.6) is 0 Å². The van der Waals surface area contributed by atoms with Gasteiger partial charge in [0.15, 0.2) is 5.82 Å². The molecule has 0 radical (unpaired) electrons. The highest BCUT2D eigenvalue weighted by Crippen LogP contribution is 2.39. The molecule has 0 aliphatic carbocycles. The van der Waals surface area contributed by atoms with E-state index in [1.807, 2.05) is 36.4 Å². The van der Waals surface area contributed by atoms with Crippen LogP contribution in [-0.2, 0) is 0 Å². The second-order valence-corrected chi connectivity index (χ2v) is 8.47. The summed E-state index contributed by atoms with van der Waals surface area (Å²) in [6.07, 6.45) is 0. The summed E-state index contributed by atoms with van der Waals surface area (Å²) in [6.45, 7) is 0. The zero-order valence-electron chi connectivity index (χ0n) is 10.3. The lowest BCUT2D eigenvalue weighted by atomic mass is 10.1. The van der Waals surface area contributed by atoms with Crippen LogP contribution in [0.25, 0.3) is 22.0 Å². The first-order valence-corrected chi connectivity index (χ1v) is 9.37. The van der Waals surface area contributed by atoms with Crippen molar-refractivity contribution in [1.82, 2.24) is 9.97 Å². The van der Waals surface area contributed by atoms with Gasteiger partial charge >= 0.3 is 0 Å². The van der Waals surface area contributed by atoms with E-state index >= 15 is 0 Å². The normalized spacial score (nSPS) is 10.9. The lowest BCUT2D eigenvalue weighted by Gasteiger charge is -2.07. The molecule has 7 heteroatoms. The Labute approximate surface area is 156 Å². The molecular formula is C14H6Br3ClN2S. The van der Waals surface area contributed by atoms with E-state index in [-0.39, 0.29) is 0 Å². The molecule has 3 rings (SSSR count). The Morgan fingerprint density at radius 3 is 2.33 bits per heavy atom. The highest BCUT2D eigenvalue weighted by molar-refractivity contribution is 9.13. The van der Waals surface area contributed by atoms with Crippen LogP contribution in [0.1, 0.15) is 0 Å². The van der Waals surface area contributed by atoms with Gasteiger partial charge in [-0.2, -0.15) is 0 Å². The number of rotatable bonds is 2. The first-order chi connectivity index (χ1) is 10.1. The van der Waals surface area contributed by atoms with Gasteiger partial charge in [-0.05, 0) is 53.9 Å². The van der Waals surface area contributed by atoms with Crippen molar-refractivity contribution in [2.45, 2.75) is 0 Å². The maximum Gasteiger partial charge on any atom is 0.171 e. The van der Waals surface area contributed by atoms with Gasteiger partial charge in [0, 0.05) is 10.0 Å². The number of benzene rings is 1. The number of thiophene rings is 1. The third kappa shape index (κ3) is 3.24. The van der Waals surface area contributed by atoms with Gasteiger partial charge in [0.25, 0.3) is 0 Å². The van der Waals surface area contributed by atoms with Crippen LogP contribution in [0.3, 0.4) is 0 Å². The molecule has 0 fully saturated rings. The zero-order chi connectivity index (χ0) is 15.0. The number of halogens is 4. The molecule has 2 nitrogen and oxygen atoms in total. The minimum absolute atomic E-state index is 0.402. The lowest BCUT2D eigenvalue weighted by molar-refractivity contribution is 1.17. The van der Waals surface area contributed by atoms with Gasteiger partial charge in [0.05, 0.1) is 18.8 Å². The van der Waals surface area contributed by atoms with Crippen molar-refractivity contribution in [2.75, 3.05) is 0 Å². The van der Waals surface area contributed by atoms with Crippen LogP contribution in [0.15, 0.2) is 49.1 Å². The second kappa shape index (κ2) is 6.46. The van der Waals surface area contributed by atoms with Crippen molar-refractivity contribution in [3.05, 3.63) is 54.3 Å². The molecule has 106 valence electrons. The molecule has 0 saturated heterocycles. The molecule has 0 spiro atoms. The van der Waals surface area contributed by atoms with Crippen LogP contribution < -0.4 is 0 Å². The van der Waals surface area contributed by atoms with Gasteiger partial charge < -0.3 is 0 Å². The first-order valence-electron chi connectivity index (χ1n) is 5.80. The average molecular weight is 509 g/mol. The Kier molecular flexibility index (Phi) is 4.81. The number of hydrogen-bond donors (Lipinski definition) is 0. The smallest absolute Gasteiger partial charge is 0.171 e. The van der Waals surface area contributed by atoms with Crippen molar-refractivity contribution in [3.63, 3.8) is 0 Å². The molecule has 0 unspecified atom stereocenters. The lowest BCUT2D eigenvalue weighted by Crippen LogP contribution is -1.94. The van der Waals surface area contributed by atoms with Crippen molar-refractivity contribution < 1.29 is 0 Å². The molecule has 21 heavy (non-hydrogen) atoms. The monoisotopic (exact) mass is 506 g/mol. The Balaban J connectivity index is 2.18. The quantitative estimate of drug-likeness (QED) is 0.355. The Morgan fingerprint density at radius 2 is 1.71 bits per heavy atom. The Hall–Kier alpha value is -0.270. The third-order valence-electron chi connectivity index (χ3n) is 2.72. The molecule has 0 aliphatic rings. The standard InChI is InChI=1S/C14H6Br3ClN2S/c15-8-6-9(21-12(8)17)14-19-11(10(16)13(18)20-14)7-4-2-1-3-5-7/h1-6H. The van der Waals surface area contributed by atoms with E-state index in [1.54, 1.807) is 11.3 Å². The molecule has 0 aliphatic heterocycles. The maximum absolute atomic E-state index is 6.25. The van der Waals surface area contributed by atoms with Crippen LogP contribution in [0.4, 0.5) is 0 Å². The molecule has 0 N–H and O–H groups in total. The topological polar surface area (TPSA) is 25.8 Å². The summed E-state index contributed by atoms with van der Waals surface area (Å²) in [6, 6.07) is 11.9. The molecule has 0 saturated carbocycles. The van der Waals surface area contributed by atoms with Gasteiger partial charge in [0.1, 0.15) is 5.15 Å². The van der Waals surface area contributed by atoms with E-state index < -0.39 is 0 Å². The molecule has 2 aromatic heterocycles. The molecular weight excluding hydrogens is 503 g/mol. The SMILES string of the molecule is Clc1nc(-c2cc(Br)c(Br)s2)nc(-c2ccccc2)c1Br. The van der Waals surface area contributed by atoms with E-state index in [2.05, 4.69) is 57.8 Å². The van der Waals surface area contributed by atoms with Crippen LogP contribution >= 0.6 is 70.7 Å². The minimum Gasteiger partial charge on any atom is -0.226 e. The third-order valence-corrected chi connectivity index (χ3v) is 7.23. The van der Waals surface area contributed by atoms with Crippen molar-refractivity contribution in [1.29, 1.82) is 0 Å². The van der Waals surface area contributed by atoms with Crippen molar-refractivity contribution in [2.24, 2.45) is 0 Å².